The Labute approximate surface area is 105 Å². The quantitative estimate of drug-likeness (QED) is 0.604. The molecule has 4 nitrogen and oxygen atoms in total. The summed E-state index contributed by atoms with van der Waals surface area (Å²) in [5.41, 5.74) is 1.97. The number of carbonyl (C=O) groups excluding carboxylic acids is 2. The third-order valence-corrected chi connectivity index (χ3v) is 2.61. The third kappa shape index (κ3) is 2.77. The molecule has 0 N–H and O–H groups in total. The Morgan fingerprint density at radius 1 is 1.22 bits per heavy atom. The second-order valence-corrected chi connectivity index (χ2v) is 3.88. The van der Waals surface area contributed by atoms with Crippen molar-refractivity contribution in [3.05, 3.63) is 41.5 Å². The first kappa shape index (κ1) is 12.4. The molecule has 4 heteroatoms. The van der Waals surface area contributed by atoms with Gasteiger partial charge in [-0.1, -0.05) is 30.3 Å². The van der Waals surface area contributed by atoms with Crippen molar-refractivity contribution in [1.29, 1.82) is 0 Å². The molecule has 1 unspecified atom stereocenters. The molecule has 18 heavy (non-hydrogen) atoms. The van der Waals surface area contributed by atoms with E-state index < -0.39 is 18.0 Å². The molecule has 0 fully saturated rings. The molecular formula is C14H14O4. The molecule has 2 rings (SSSR count). The van der Waals surface area contributed by atoms with Crippen LogP contribution in [0, 0.1) is 0 Å². The molecule has 0 aliphatic heterocycles. The average molecular weight is 246 g/mol. The first-order valence-electron chi connectivity index (χ1n) is 5.83. The summed E-state index contributed by atoms with van der Waals surface area (Å²) in [5.74, 6) is -1.13. The minimum Gasteiger partial charge on any atom is -0.466 e. The van der Waals surface area contributed by atoms with Gasteiger partial charge in [-0.05, 0) is 18.6 Å². The van der Waals surface area contributed by atoms with Crippen molar-refractivity contribution < 1.29 is 19.1 Å². The van der Waals surface area contributed by atoms with Crippen LogP contribution in [-0.4, -0.2) is 18.5 Å². The maximum atomic E-state index is 11.5. The van der Waals surface area contributed by atoms with Gasteiger partial charge >= 0.3 is 11.9 Å². The molecule has 1 atom stereocenters. The fraction of sp³-hybridized carbons (Fsp3) is 0.286. The molecule has 1 aromatic carbocycles. The van der Waals surface area contributed by atoms with Crippen LogP contribution in [0.15, 0.2) is 30.3 Å². The summed E-state index contributed by atoms with van der Waals surface area (Å²) < 4.78 is 9.92. The molecule has 0 heterocycles. The van der Waals surface area contributed by atoms with Crippen molar-refractivity contribution in [1.82, 2.24) is 0 Å². The number of hydrogen-bond donors (Lipinski definition) is 0. The number of benzene rings is 1. The molecule has 0 aromatic heterocycles. The van der Waals surface area contributed by atoms with Crippen LogP contribution in [-0.2, 0) is 19.1 Å². The SMILES string of the molecule is CCOC(=O)CC(=O)OC1C=Cc2ccccc21. The van der Waals surface area contributed by atoms with Crippen LogP contribution in [0.3, 0.4) is 0 Å². The van der Waals surface area contributed by atoms with Gasteiger partial charge in [-0.15, -0.1) is 0 Å². The van der Waals surface area contributed by atoms with Crippen molar-refractivity contribution in [3.63, 3.8) is 0 Å². The van der Waals surface area contributed by atoms with E-state index in [1.165, 1.54) is 0 Å². The Hall–Kier alpha value is -2.10. The third-order valence-electron chi connectivity index (χ3n) is 2.61. The Balaban J connectivity index is 1.94. The lowest BCUT2D eigenvalue weighted by molar-refractivity contribution is -0.156. The highest BCUT2D eigenvalue weighted by molar-refractivity contribution is 5.91. The fourth-order valence-electron chi connectivity index (χ4n) is 1.83. The largest absolute Gasteiger partial charge is 0.466 e. The second-order valence-electron chi connectivity index (χ2n) is 3.88. The van der Waals surface area contributed by atoms with E-state index in [0.717, 1.165) is 11.1 Å². The van der Waals surface area contributed by atoms with Gasteiger partial charge in [0.1, 0.15) is 12.5 Å². The molecule has 94 valence electrons. The number of hydrogen-bond acceptors (Lipinski definition) is 4. The molecule has 0 amide bonds. The van der Waals surface area contributed by atoms with Gasteiger partial charge in [-0.3, -0.25) is 9.59 Å². The minimum atomic E-state index is -0.570. The van der Waals surface area contributed by atoms with Gasteiger partial charge in [0.05, 0.1) is 6.61 Å². The average Bonchev–Trinajstić information content (AvgIpc) is 2.73. The zero-order valence-electron chi connectivity index (χ0n) is 10.1. The summed E-state index contributed by atoms with van der Waals surface area (Å²) >= 11 is 0. The van der Waals surface area contributed by atoms with E-state index in [4.69, 9.17) is 4.74 Å². The van der Waals surface area contributed by atoms with E-state index in [0.29, 0.717) is 0 Å². The monoisotopic (exact) mass is 246 g/mol. The Morgan fingerprint density at radius 3 is 2.78 bits per heavy atom. The summed E-state index contributed by atoms with van der Waals surface area (Å²) in [4.78, 5) is 22.7. The second kappa shape index (κ2) is 5.49. The summed E-state index contributed by atoms with van der Waals surface area (Å²) in [7, 11) is 0. The first-order valence-corrected chi connectivity index (χ1v) is 5.83. The smallest absolute Gasteiger partial charge is 0.318 e. The predicted octanol–water partition coefficient (Wildman–Crippen LogP) is 2.25. The van der Waals surface area contributed by atoms with E-state index in [2.05, 4.69) is 4.74 Å². The maximum Gasteiger partial charge on any atom is 0.318 e. The molecule has 1 aliphatic carbocycles. The summed E-state index contributed by atoms with van der Waals surface area (Å²) in [5, 5.41) is 0. The molecule has 1 aromatic rings. The fourth-order valence-corrected chi connectivity index (χ4v) is 1.83. The zero-order valence-corrected chi connectivity index (χ0v) is 10.1. The van der Waals surface area contributed by atoms with Gasteiger partial charge in [-0.2, -0.15) is 0 Å². The van der Waals surface area contributed by atoms with Gasteiger partial charge in [0.15, 0.2) is 0 Å². The van der Waals surface area contributed by atoms with Crippen molar-refractivity contribution in [2.45, 2.75) is 19.4 Å². The Bertz CT molecular complexity index is 490. The van der Waals surface area contributed by atoms with Gasteiger partial charge < -0.3 is 9.47 Å². The maximum absolute atomic E-state index is 11.5. The van der Waals surface area contributed by atoms with Gasteiger partial charge in [-0.25, -0.2) is 0 Å². The molecular weight excluding hydrogens is 232 g/mol. The molecule has 0 bridgehead atoms. The highest BCUT2D eigenvalue weighted by Crippen LogP contribution is 2.30. The van der Waals surface area contributed by atoms with Crippen molar-refractivity contribution in [2.75, 3.05) is 6.61 Å². The predicted molar refractivity (Wildman–Crippen MR) is 65.6 cm³/mol. The lowest BCUT2D eigenvalue weighted by Gasteiger charge is -2.12. The van der Waals surface area contributed by atoms with Crippen LogP contribution < -0.4 is 0 Å². The topological polar surface area (TPSA) is 52.6 Å². The Morgan fingerprint density at radius 2 is 2.00 bits per heavy atom. The minimum absolute atomic E-state index is 0.262. The van der Waals surface area contributed by atoms with Crippen molar-refractivity contribution in [3.8, 4) is 0 Å². The standard InChI is InChI=1S/C14H14O4/c1-2-17-13(15)9-14(16)18-12-8-7-10-5-3-4-6-11(10)12/h3-8,12H,2,9H2,1H3. The summed E-state index contributed by atoms with van der Waals surface area (Å²) in [6, 6.07) is 7.66. The van der Waals surface area contributed by atoms with E-state index in [9.17, 15) is 9.59 Å². The number of fused-ring (bicyclic) bond motifs is 1. The number of ether oxygens (including phenoxy) is 2. The van der Waals surface area contributed by atoms with Crippen LogP contribution >= 0.6 is 0 Å². The summed E-state index contributed by atoms with van der Waals surface area (Å²) in [6.45, 7) is 1.96. The van der Waals surface area contributed by atoms with Crippen molar-refractivity contribution >= 4 is 18.0 Å². The molecule has 0 saturated carbocycles. The van der Waals surface area contributed by atoms with Gasteiger partial charge in [0.25, 0.3) is 0 Å². The highest BCUT2D eigenvalue weighted by atomic mass is 16.6. The van der Waals surface area contributed by atoms with E-state index in [1.54, 1.807) is 13.0 Å². The highest BCUT2D eigenvalue weighted by Gasteiger charge is 2.22. The van der Waals surface area contributed by atoms with E-state index >= 15 is 0 Å². The van der Waals surface area contributed by atoms with Crippen molar-refractivity contribution in [2.24, 2.45) is 0 Å². The van der Waals surface area contributed by atoms with Crippen LogP contribution in [0.25, 0.3) is 6.08 Å². The lowest BCUT2D eigenvalue weighted by atomic mass is 10.1. The Kier molecular flexibility index (Phi) is 3.77. The lowest BCUT2D eigenvalue weighted by Crippen LogP contribution is -2.15. The molecule has 1 aliphatic rings. The van der Waals surface area contributed by atoms with E-state index in [-0.39, 0.29) is 13.0 Å². The zero-order chi connectivity index (χ0) is 13.0. The number of esters is 2. The molecule has 0 radical (unpaired) electrons. The number of rotatable bonds is 4. The first-order chi connectivity index (χ1) is 8.70. The van der Waals surface area contributed by atoms with Crippen LogP contribution in [0.2, 0.25) is 0 Å². The summed E-state index contributed by atoms with van der Waals surface area (Å²) in [6.07, 6.45) is 2.95. The van der Waals surface area contributed by atoms with Crippen LogP contribution in [0.1, 0.15) is 30.6 Å². The number of carbonyl (C=O) groups is 2. The van der Waals surface area contributed by atoms with Crippen LogP contribution in [0.4, 0.5) is 0 Å². The molecule has 0 saturated heterocycles. The van der Waals surface area contributed by atoms with Crippen LogP contribution in [0.5, 0.6) is 0 Å². The normalized spacial score (nSPS) is 16.2. The van der Waals surface area contributed by atoms with E-state index in [1.807, 2.05) is 30.3 Å². The van der Waals surface area contributed by atoms with Gasteiger partial charge in [0.2, 0.25) is 0 Å². The molecule has 0 spiro atoms. The van der Waals surface area contributed by atoms with Gasteiger partial charge in [0, 0.05) is 5.56 Å².